The summed E-state index contributed by atoms with van der Waals surface area (Å²) in [4.78, 5) is 6.57. The van der Waals surface area contributed by atoms with Gasteiger partial charge in [0.2, 0.25) is 0 Å². The summed E-state index contributed by atoms with van der Waals surface area (Å²) >= 11 is 7.17. The van der Waals surface area contributed by atoms with Crippen molar-refractivity contribution in [2.75, 3.05) is 11.4 Å². The van der Waals surface area contributed by atoms with Gasteiger partial charge in [-0.25, -0.2) is 0 Å². The summed E-state index contributed by atoms with van der Waals surface area (Å²) in [7, 11) is 0. The molecule has 0 aromatic heterocycles. The monoisotopic (exact) mass is 407 g/mol. The summed E-state index contributed by atoms with van der Waals surface area (Å²) in [6.45, 7) is 2.80. The highest BCUT2D eigenvalue weighted by atomic mass is 79.9. The second kappa shape index (κ2) is 5.46. The molecule has 0 saturated carbocycles. The molecule has 3 rings (SSSR count). The Kier molecular flexibility index (Phi) is 3.80. The maximum Gasteiger partial charge on any atom is 0.196 e. The van der Waals surface area contributed by atoms with Crippen molar-refractivity contribution in [3.8, 4) is 0 Å². The van der Waals surface area contributed by atoms with Crippen LogP contribution in [0.4, 0.5) is 5.69 Å². The topological polar surface area (TPSA) is 41.6 Å². The molecule has 1 heterocycles. The fraction of sp³-hybridized carbons (Fsp3) is 0.188. The number of hydrogen-bond donors (Lipinski definition) is 1. The van der Waals surface area contributed by atoms with Crippen molar-refractivity contribution in [2.24, 2.45) is 10.7 Å². The number of nitrogens with two attached hydrogens (primary N) is 1. The van der Waals surface area contributed by atoms with Gasteiger partial charge in [0, 0.05) is 14.6 Å². The van der Waals surface area contributed by atoms with E-state index >= 15 is 0 Å². The quantitative estimate of drug-likeness (QED) is 0.806. The summed E-state index contributed by atoms with van der Waals surface area (Å²) in [5.74, 6) is 0.548. The predicted molar refractivity (Wildman–Crippen MR) is 94.6 cm³/mol. The molecule has 1 aliphatic rings. The molecular formula is C16H15Br2N3. The zero-order valence-electron chi connectivity index (χ0n) is 11.6. The molecular weight excluding hydrogens is 394 g/mol. The van der Waals surface area contributed by atoms with Gasteiger partial charge in [-0.05, 0) is 36.8 Å². The third-order valence-electron chi connectivity index (χ3n) is 3.79. The molecule has 0 amide bonds. The second-order valence-corrected chi connectivity index (χ2v) is 7.01. The Morgan fingerprint density at radius 3 is 2.62 bits per heavy atom. The number of rotatable bonds is 2. The standard InChI is InChI=1S/C16H15Br2N3/c1-16(13-7-2-3-8-14(13)18)10-20-15(19)21(16)12-6-4-5-11(17)9-12/h2-9H,10H2,1H3,(H2,19,20). The van der Waals surface area contributed by atoms with Gasteiger partial charge in [0.1, 0.15) is 0 Å². The minimum atomic E-state index is -0.301. The fourth-order valence-corrected chi connectivity index (χ4v) is 3.86. The van der Waals surface area contributed by atoms with Crippen molar-refractivity contribution >= 4 is 43.5 Å². The number of nitrogens with zero attached hydrogens (tertiary/aromatic N) is 2. The third-order valence-corrected chi connectivity index (χ3v) is 4.98. The summed E-state index contributed by atoms with van der Waals surface area (Å²) < 4.78 is 2.09. The first-order chi connectivity index (χ1) is 10.0. The molecule has 21 heavy (non-hydrogen) atoms. The number of benzene rings is 2. The summed E-state index contributed by atoms with van der Waals surface area (Å²) in [5.41, 5.74) is 8.07. The first-order valence-corrected chi connectivity index (χ1v) is 8.22. The average Bonchev–Trinajstić information content (AvgIpc) is 2.76. The molecule has 2 aromatic carbocycles. The lowest BCUT2D eigenvalue weighted by Gasteiger charge is -2.37. The molecule has 1 atom stereocenters. The van der Waals surface area contributed by atoms with E-state index in [0.29, 0.717) is 12.5 Å². The number of halogens is 2. The Morgan fingerprint density at radius 2 is 1.90 bits per heavy atom. The molecule has 0 spiro atoms. The summed E-state index contributed by atoms with van der Waals surface area (Å²) in [6, 6.07) is 16.3. The summed E-state index contributed by atoms with van der Waals surface area (Å²) in [6.07, 6.45) is 0. The van der Waals surface area contributed by atoms with E-state index in [1.807, 2.05) is 36.4 Å². The Balaban J connectivity index is 2.13. The zero-order chi connectivity index (χ0) is 15.0. The SMILES string of the molecule is CC1(c2ccccc2Br)CN=C(N)N1c1cccc(Br)c1. The third kappa shape index (κ3) is 2.49. The lowest BCUT2D eigenvalue weighted by Crippen LogP contribution is -2.48. The minimum Gasteiger partial charge on any atom is -0.369 e. The number of aliphatic imine (C=N–C) groups is 1. The highest BCUT2D eigenvalue weighted by molar-refractivity contribution is 9.10. The lowest BCUT2D eigenvalue weighted by atomic mass is 9.90. The van der Waals surface area contributed by atoms with Gasteiger partial charge < -0.3 is 10.6 Å². The van der Waals surface area contributed by atoms with Crippen molar-refractivity contribution in [3.63, 3.8) is 0 Å². The highest BCUT2D eigenvalue weighted by Gasteiger charge is 2.41. The van der Waals surface area contributed by atoms with Crippen LogP contribution in [0.1, 0.15) is 12.5 Å². The molecule has 5 heteroatoms. The molecule has 0 saturated heterocycles. The molecule has 3 nitrogen and oxygen atoms in total. The van der Waals surface area contributed by atoms with E-state index in [1.165, 1.54) is 5.56 Å². The fourth-order valence-electron chi connectivity index (χ4n) is 2.77. The first-order valence-electron chi connectivity index (χ1n) is 6.63. The Bertz CT molecular complexity index is 714. The second-order valence-electron chi connectivity index (χ2n) is 5.24. The van der Waals surface area contributed by atoms with Gasteiger partial charge >= 0.3 is 0 Å². The number of anilines is 1. The Morgan fingerprint density at radius 1 is 1.14 bits per heavy atom. The van der Waals surface area contributed by atoms with Gasteiger partial charge in [-0.2, -0.15) is 0 Å². The van der Waals surface area contributed by atoms with Crippen LogP contribution in [0, 0.1) is 0 Å². The van der Waals surface area contributed by atoms with Crippen molar-refractivity contribution in [2.45, 2.75) is 12.5 Å². The Hall–Kier alpha value is -1.33. The number of hydrogen-bond acceptors (Lipinski definition) is 3. The van der Waals surface area contributed by atoms with Crippen molar-refractivity contribution in [3.05, 3.63) is 63.0 Å². The lowest BCUT2D eigenvalue weighted by molar-refractivity contribution is 0.530. The van der Waals surface area contributed by atoms with E-state index in [2.05, 4.69) is 60.8 Å². The van der Waals surface area contributed by atoms with Gasteiger partial charge in [0.15, 0.2) is 5.96 Å². The molecule has 108 valence electrons. The predicted octanol–water partition coefficient (Wildman–Crippen LogP) is 4.26. The molecule has 1 unspecified atom stereocenters. The minimum absolute atomic E-state index is 0.301. The van der Waals surface area contributed by atoms with Gasteiger partial charge in [0.25, 0.3) is 0 Å². The van der Waals surface area contributed by atoms with Crippen molar-refractivity contribution in [1.29, 1.82) is 0 Å². The van der Waals surface area contributed by atoms with Gasteiger partial charge in [0.05, 0.1) is 12.1 Å². The maximum absolute atomic E-state index is 6.17. The molecule has 2 aromatic rings. The normalized spacial score (nSPS) is 21.5. The Labute approximate surface area is 141 Å². The molecule has 2 N–H and O–H groups in total. The van der Waals surface area contributed by atoms with Crippen LogP contribution in [0.2, 0.25) is 0 Å². The van der Waals surface area contributed by atoms with Crippen LogP contribution in [0.15, 0.2) is 62.5 Å². The van der Waals surface area contributed by atoms with Crippen molar-refractivity contribution < 1.29 is 0 Å². The van der Waals surface area contributed by atoms with Gasteiger partial charge in [-0.1, -0.05) is 56.1 Å². The van der Waals surface area contributed by atoms with Crippen LogP contribution in [0.3, 0.4) is 0 Å². The first kappa shape index (κ1) is 14.6. The van der Waals surface area contributed by atoms with Crippen LogP contribution in [-0.4, -0.2) is 12.5 Å². The average molecular weight is 409 g/mol. The van der Waals surface area contributed by atoms with E-state index in [1.54, 1.807) is 0 Å². The van der Waals surface area contributed by atoms with E-state index in [0.717, 1.165) is 14.6 Å². The molecule has 0 bridgehead atoms. The molecule has 0 aliphatic carbocycles. The van der Waals surface area contributed by atoms with Crippen LogP contribution in [0.25, 0.3) is 0 Å². The summed E-state index contributed by atoms with van der Waals surface area (Å²) in [5, 5.41) is 0. The number of guanidine groups is 1. The van der Waals surface area contributed by atoms with Crippen LogP contribution < -0.4 is 10.6 Å². The molecule has 1 aliphatic heterocycles. The van der Waals surface area contributed by atoms with Gasteiger partial charge in [-0.15, -0.1) is 0 Å². The van der Waals surface area contributed by atoms with E-state index in [9.17, 15) is 0 Å². The van der Waals surface area contributed by atoms with Crippen LogP contribution >= 0.6 is 31.9 Å². The van der Waals surface area contributed by atoms with E-state index in [-0.39, 0.29) is 5.54 Å². The van der Waals surface area contributed by atoms with Crippen LogP contribution in [-0.2, 0) is 5.54 Å². The van der Waals surface area contributed by atoms with Crippen molar-refractivity contribution in [1.82, 2.24) is 0 Å². The largest absolute Gasteiger partial charge is 0.369 e. The van der Waals surface area contributed by atoms with Crippen LogP contribution in [0.5, 0.6) is 0 Å². The van der Waals surface area contributed by atoms with E-state index in [4.69, 9.17) is 5.73 Å². The molecule has 0 radical (unpaired) electrons. The van der Waals surface area contributed by atoms with Gasteiger partial charge in [-0.3, -0.25) is 4.99 Å². The smallest absolute Gasteiger partial charge is 0.196 e. The highest BCUT2D eigenvalue weighted by Crippen LogP contribution is 2.40. The molecule has 0 fully saturated rings. The maximum atomic E-state index is 6.17. The zero-order valence-corrected chi connectivity index (χ0v) is 14.7. The van der Waals surface area contributed by atoms with E-state index < -0.39 is 0 Å².